The number of nitrogens with one attached hydrogen (secondary N) is 1. The highest BCUT2D eigenvalue weighted by molar-refractivity contribution is 7.92. The summed E-state index contributed by atoms with van der Waals surface area (Å²) in [5, 5.41) is 2.27. The van der Waals surface area contributed by atoms with E-state index >= 15 is 0 Å². The van der Waals surface area contributed by atoms with Crippen LogP contribution in [0.3, 0.4) is 0 Å². The summed E-state index contributed by atoms with van der Waals surface area (Å²) in [5.41, 5.74) is 0.987. The molecule has 0 aliphatic heterocycles. The van der Waals surface area contributed by atoms with Gasteiger partial charge in [0.2, 0.25) is 0 Å². The van der Waals surface area contributed by atoms with Crippen LogP contribution in [0.4, 0.5) is 5.69 Å². The number of ether oxygens (including phenoxy) is 1. The van der Waals surface area contributed by atoms with E-state index in [0.717, 1.165) is 5.82 Å². The van der Waals surface area contributed by atoms with Gasteiger partial charge in [-0.1, -0.05) is 0 Å². The molecule has 29 heavy (non-hydrogen) atoms. The van der Waals surface area contributed by atoms with Gasteiger partial charge in [0.1, 0.15) is 18.2 Å². The number of imidazole rings is 1. The fourth-order valence-corrected chi connectivity index (χ4v) is 3.65. The van der Waals surface area contributed by atoms with E-state index in [9.17, 15) is 13.2 Å². The average molecular weight is 413 g/mol. The summed E-state index contributed by atoms with van der Waals surface area (Å²) in [4.78, 5) is 16.8. The number of nitrogens with zero attached hydrogens (tertiary/aromatic N) is 2. The highest BCUT2D eigenvalue weighted by Gasteiger charge is 2.19. The van der Waals surface area contributed by atoms with Crippen LogP contribution in [0.25, 0.3) is 0 Å². The molecule has 1 heterocycles. The molecule has 2 aromatic carbocycles. The fraction of sp³-hybridized carbons (Fsp3) is 0.238. The largest absolute Gasteiger partial charge is 0.486 e. The van der Waals surface area contributed by atoms with E-state index in [2.05, 4.69) is 10.3 Å². The summed E-state index contributed by atoms with van der Waals surface area (Å²) >= 11 is 0. The highest BCUT2D eigenvalue weighted by Crippen LogP contribution is 2.19. The standard InChI is InChI=1S/C21H23N3O4S/c1-15(2)29(26,27)19-10-4-16(5-11-19)21(25)23-17-6-8-18(9-7-17)28-14-20-22-12-13-24(20)3/h4-13,15H,14H2,1-3H3,(H,23,25). The third-order valence-corrected chi connectivity index (χ3v) is 6.64. The van der Waals surface area contributed by atoms with Gasteiger partial charge in [0.05, 0.1) is 10.1 Å². The number of sulfone groups is 1. The first-order chi connectivity index (χ1) is 13.8. The zero-order valence-corrected chi connectivity index (χ0v) is 17.3. The first kappa shape index (κ1) is 20.6. The lowest BCUT2D eigenvalue weighted by Gasteiger charge is -2.10. The van der Waals surface area contributed by atoms with Gasteiger partial charge in [-0.25, -0.2) is 13.4 Å². The molecule has 0 saturated heterocycles. The van der Waals surface area contributed by atoms with Crippen molar-refractivity contribution in [2.75, 3.05) is 5.32 Å². The second-order valence-corrected chi connectivity index (χ2v) is 9.34. The van der Waals surface area contributed by atoms with Gasteiger partial charge in [-0.05, 0) is 62.4 Å². The molecule has 1 N–H and O–H groups in total. The molecule has 8 heteroatoms. The van der Waals surface area contributed by atoms with Crippen LogP contribution in [-0.2, 0) is 23.5 Å². The third-order valence-electron chi connectivity index (χ3n) is 4.47. The normalized spacial score (nSPS) is 11.4. The van der Waals surface area contributed by atoms with Crippen LogP contribution in [0.2, 0.25) is 0 Å². The number of benzene rings is 2. The summed E-state index contributed by atoms with van der Waals surface area (Å²) in [6, 6.07) is 12.9. The van der Waals surface area contributed by atoms with E-state index in [1.807, 2.05) is 17.8 Å². The SMILES string of the molecule is CC(C)S(=O)(=O)c1ccc(C(=O)Nc2ccc(OCc3nccn3C)cc2)cc1. The maximum absolute atomic E-state index is 12.4. The number of amides is 1. The molecule has 0 aliphatic rings. The van der Waals surface area contributed by atoms with Crippen LogP contribution in [0, 0.1) is 0 Å². The van der Waals surface area contributed by atoms with Gasteiger partial charge in [0.25, 0.3) is 5.91 Å². The minimum atomic E-state index is -3.36. The van der Waals surface area contributed by atoms with Crippen LogP contribution in [0.15, 0.2) is 65.8 Å². The van der Waals surface area contributed by atoms with Crippen molar-refractivity contribution < 1.29 is 17.9 Å². The predicted octanol–water partition coefficient (Wildman–Crippen LogP) is 3.43. The number of aromatic nitrogens is 2. The molecule has 1 aromatic heterocycles. The minimum absolute atomic E-state index is 0.207. The first-order valence-corrected chi connectivity index (χ1v) is 10.7. The Hall–Kier alpha value is -3.13. The van der Waals surface area contributed by atoms with E-state index in [4.69, 9.17) is 4.74 Å². The van der Waals surface area contributed by atoms with Crippen LogP contribution >= 0.6 is 0 Å². The number of hydrogen-bond donors (Lipinski definition) is 1. The maximum Gasteiger partial charge on any atom is 0.255 e. The Bertz CT molecular complexity index is 1090. The molecular weight excluding hydrogens is 390 g/mol. The van der Waals surface area contributed by atoms with Crippen LogP contribution in [-0.4, -0.2) is 29.1 Å². The molecule has 0 unspecified atom stereocenters. The lowest BCUT2D eigenvalue weighted by molar-refractivity contribution is 0.102. The monoisotopic (exact) mass is 413 g/mol. The van der Waals surface area contributed by atoms with Crippen molar-refractivity contribution in [3.05, 3.63) is 72.3 Å². The van der Waals surface area contributed by atoms with Crippen molar-refractivity contribution in [1.29, 1.82) is 0 Å². The molecule has 0 spiro atoms. The minimum Gasteiger partial charge on any atom is -0.486 e. The average Bonchev–Trinajstić information content (AvgIpc) is 3.12. The fourth-order valence-electron chi connectivity index (χ4n) is 2.59. The molecular formula is C21H23N3O4S. The summed E-state index contributed by atoms with van der Waals surface area (Å²) < 4.78 is 31.9. The molecule has 0 radical (unpaired) electrons. The third kappa shape index (κ3) is 4.83. The summed E-state index contributed by atoms with van der Waals surface area (Å²) in [6.45, 7) is 3.60. The summed E-state index contributed by atoms with van der Waals surface area (Å²) in [5.74, 6) is 1.15. The van der Waals surface area contributed by atoms with Crippen molar-refractivity contribution in [2.24, 2.45) is 7.05 Å². The van der Waals surface area contributed by atoms with Crippen LogP contribution < -0.4 is 10.1 Å². The predicted molar refractivity (Wildman–Crippen MR) is 111 cm³/mol. The molecule has 152 valence electrons. The van der Waals surface area contributed by atoms with E-state index in [0.29, 0.717) is 23.6 Å². The molecule has 0 bridgehead atoms. The van der Waals surface area contributed by atoms with E-state index < -0.39 is 15.1 Å². The maximum atomic E-state index is 12.4. The molecule has 0 saturated carbocycles. The number of carbonyl (C=O) groups is 1. The van der Waals surface area contributed by atoms with Gasteiger partial charge in [-0.3, -0.25) is 4.79 Å². The summed E-state index contributed by atoms with van der Waals surface area (Å²) in [7, 11) is -1.46. The Kier molecular flexibility index (Phi) is 6.03. The number of rotatable bonds is 7. The van der Waals surface area contributed by atoms with E-state index in [1.54, 1.807) is 44.3 Å². The molecule has 3 rings (SSSR count). The summed E-state index contributed by atoms with van der Waals surface area (Å²) in [6.07, 6.45) is 3.56. The van der Waals surface area contributed by atoms with Crippen molar-refractivity contribution in [1.82, 2.24) is 9.55 Å². The highest BCUT2D eigenvalue weighted by atomic mass is 32.2. The molecule has 7 nitrogen and oxygen atoms in total. The second-order valence-electron chi connectivity index (χ2n) is 6.84. The van der Waals surface area contributed by atoms with Gasteiger partial charge in [0, 0.05) is 30.7 Å². The lowest BCUT2D eigenvalue weighted by Crippen LogP contribution is -2.15. The van der Waals surface area contributed by atoms with Gasteiger partial charge < -0.3 is 14.6 Å². The zero-order valence-electron chi connectivity index (χ0n) is 16.5. The molecule has 0 fully saturated rings. The van der Waals surface area contributed by atoms with Crippen molar-refractivity contribution in [3.63, 3.8) is 0 Å². The van der Waals surface area contributed by atoms with Crippen molar-refractivity contribution in [3.8, 4) is 5.75 Å². The number of carbonyl (C=O) groups excluding carboxylic acids is 1. The first-order valence-electron chi connectivity index (χ1n) is 9.12. The van der Waals surface area contributed by atoms with Gasteiger partial charge >= 0.3 is 0 Å². The van der Waals surface area contributed by atoms with Crippen molar-refractivity contribution in [2.45, 2.75) is 30.6 Å². The zero-order chi connectivity index (χ0) is 21.0. The Morgan fingerprint density at radius 2 is 1.76 bits per heavy atom. The Balaban J connectivity index is 1.61. The molecule has 3 aromatic rings. The lowest BCUT2D eigenvalue weighted by atomic mass is 10.2. The smallest absolute Gasteiger partial charge is 0.255 e. The Morgan fingerprint density at radius 1 is 1.10 bits per heavy atom. The van der Waals surface area contributed by atoms with E-state index in [1.165, 1.54) is 24.3 Å². The number of anilines is 1. The second kappa shape index (κ2) is 8.48. The molecule has 1 amide bonds. The Morgan fingerprint density at radius 3 is 2.31 bits per heavy atom. The van der Waals surface area contributed by atoms with Crippen LogP contribution in [0.1, 0.15) is 30.0 Å². The number of hydrogen-bond acceptors (Lipinski definition) is 5. The quantitative estimate of drug-likeness (QED) is 0.641. The van der Waals surface area contributed by atoms with Gasteiger partial charge in [0.15, 0.2) is 9.84 Å². The van der Waals surface area contributed by atoms with Crippen molar-refractivity contribution >= 4 is 21.4 Å². The molecule has 0 atom stereocenters. The van der Waals surface area contributed by atoms with Gasteiger partial charge in [-0.2, -0.15) is 0 Å². The Labute approximate surface area is 170 Å². The van der Waals surface area contributed by atoms with Crippen LogP contribution in [0.5, 0.6) is 5.75 Å². The topological polar surface area (TPSA) is 90.3 Å². The van der Waals surface area contributed by atoms with Gasteiger partial charge in [-0.15, -0.1) is 0 Å². The van der Waals surface area contributed by atoms with E-state index in [-0.39, 0.29) is 10.8 Å². The number of aryl methyl sites for hydroxylation is 1. The molecule has 0 aliphatic carbocycles.